The van der Waals surface area contributed by atoms with Gasteiger partial charge in [0.25, 0.3) is 5.91 Å². The number of amides is 1. The van der Waals surface area contributed by atoms with Crippen LogP contribution in [0.2, 0.25) is 5.02 Å². The first-order chi connectivity index (χ1) is 12.4. The lowest BCUT2D eigenvalue weighted by Gasteiger charge is -2.19. The number of carboxylic acids is 1. The van der Waals surface area contributed by atoms with Crippen LogP contribution in [0.4, 0.5) is 0 Å². The van der Waals surface area contributed by atoms with Crippen LogP contribution in [0.5, 0.6) is 5.75 Å². The molecule has 0 unspecified atom stereocenters. The molecular formula is C19H20ClNO5. The first-order valence-corrected chi connectivity index (χ1v) is 8.29. The van der Waals surface area contributed by atoms with Gasteiger partial charge in [0.1, 0.15) is 12.4 Å². The SMILES string of the molecule is COCCOc1ccc(Cl)cc1C(=O)N(C)Cc1ccc(C(=O)O)cc1. The second kappa shape index (κ2) is 9.22. The van der Waals surface area contributed by atoms with Crippen molar-refractivity contribution in [1.82, 2.24) is 4.90 Å². The van der Waals surface area contributed by atoms with Gasteiger partial charge in [0.05, 0.1) is 17.7 Å². The minimum Gasteiger partial charge on any atom is -0.490 e. The molecule has 0 aliphatic rings. The van der Waals surface area contributed by atoms with E-state index in [1.54, 1.807) is 44.5 Å². The van der Waals surface area contributed by atoms with Crippen molar-refractivity contribution in [2.45, 2.75) is 6.54 Å². The molecule has 0 saturated heterocycles. The summed E-state index contributed by atoms with van der Waals surface area (Å²) >= 11 is 6.03. The smallest absolute Gasteiger partial charge is 0.335 e. The third-order valence-electron chi connectivity index (χ3n) is 3.68. The number of hydrogen-bond donors (Lipinski definition) is 1. The van der Waals surface area contributed by atoms with E-state index in [4.69, 9.17) is 26.2 Å². The molecule has 0 aromatic heterocycles. The Morgan fingerprint density at radius 2 is 1.81 bits per heavy atom. The van der Waals surface area contributed by atoms with Crippen LogP contribution in [0, 0.1) is 0 Å². The molecule has 1 N–H and O–H groups in total. The molecule has 0 saturated carbocycles. The largest absolute Gasteiger partial charge is 0.490 e. The summed E-state index contributed by atoms with van der Waals surface area (Å²) in [6, 6.07) is 11.3. The minimum atomic E-state index is -0.988. The monoisotopic (exact) mass is 377 g/mol. The van der Waals surface area contributed by atoms with Gasteiger partial charge in [-0.3, -0.25) is 4.79 Å². The van der Waals surface area contributed by atoms with Crippen LogP contribution in [0.15, 0.2) is 42.5 Å². The Kier molecular flexibility index (Phi) is 7.00. The number of halogens is 1. The molecule has 0 atom stereocenters. The van der Waals surface area contributed by atoms with E-state index < -0.39 is 5.97 Å². The van der Waals surface area contributed by atoms with Crippen LogP contribution >= 0.6 is 11.6 Å². The average molecular weight is 378 g/mol. The van der Waals surface area contributed by atoms with Gasteiger partial charge in [-0.2, -0.15) is 0 Å². The molecule has 26 heavy (non-hydrogen) atoms. The van der Waals surface area contributed by atoms with Gasteiger partial charge in [0, 0.05) is 25.7 Å². The van der Waals surface area contributed by atoms with Crippen LogP contribution in [0.3, 0.4) is 0 Å². The van der Waals surface area contributed by atoms with Crippen molar-refractivity contribution in [3.05, 3.63) is 64.2 Å². The molecule has 0 fully saturated rings. The lowest BCUT2D eigenvalue weighted by atomic mass is 10.1. The van der Waals surface area contributed by atoms with E-state index in [9.17, 15) is 9.59 Å². The predicted octanol–water partition coefficient (Wildman–Crippen LogP) is 3.34. The number of ether oxygens (including phenoxy) is 2. The first kappa shape index (κ1) is 19.8. The van der Waals surface area contributed by atoms with Gasteiger partial charge >= 0.3 is 5.97 Å². The fourth-order valence-electron chi connectivity index (χ4n) is 2.33. The molecule has 0 heterocycles. The van der Waals surface area contributed by atoms with Crippen LogP contribution in [-0.2, 0) is 11.3 Å². The quantitative estimate of drug-likeness (QED) is 0.714. The third-order valence-corrected chi connectivity index (χ3v) is 3.92. The molecule has 2 aromatic carbocycles. The van der Waals surface area contributed by atoms with Crippen molar-refractivity contribution in [1.29, 1.82) is 0 Å². The highest BCUT2D eigenvalue weighted by atomic mass is 35.5. The van der Waals surface area contributed by atoms with Gasteiger partial charge in [-0.1, -0.05) is 23.7 Å². The molecule has 0 bridgehead atoms. The molecule has 6 nitrogen and oxygen atoms in total. The summed E-state index contributed by atoms with van der Waals surface area (Å²) in [5.74, 6) is -0.801. The van der Waals surface area contributed by atoms with E-state index in [1.807, 2.05) is 0 Å². The Morgan fingerprint density at radius 1 is 1.12 bits per heavy atom. The van der Waals surface area contributed by atoms with Gasteiger partial charge in [0.15, 0.2) is 0 Å². The molecular weight excluding hydrogens is 358 g/mol. The molecule has 1 amide bonds. The van der Waals surface area contributed by atoms with Crippen LogP contribution in [0.1, 0.15) is 26.3 Å². The molecule has 0 aliphatic carbocycles. The summed E-state index contributed by atoms with van der Waals surface area (Å²) in [7, 11) is 3.23. The van der Waals surface area contributed by atoms with Crippen molar-refractivity contribution >= 4 is 23.5 Å². The molecule has 0 spiro atoms. The zero-order valence-electron chi connectivity index (χ0n) is 14.6. The number of hydrogen-bond acceptors (Lipinski definition) is 4. The maximum Gasteiger partial charge on any atom is 0.335 e. The fraction of sp³-hybridized carbons (Fsp3) is 0.263. The lowest BCUT2D eigenvalue weighted by Crippen LogP contribution is -2.27. The summed E-state index contributed by atoms with van der Waals surface area (Å²) < 4.78 is 10.6. The molecule has 2 aromatic rings. The van der Waals surface area contributed by atoms with Crippen LogP contribution < -0.4 is 4.74 Å². The Labute approximate surface area is 156 Å². The number of nitrogens with zero attached hydrogens (tertiary/aromatic N) is 1. The summed E-state index contributed by atoms with van der Waals surface area (Å²) in [6.45, 7) is 1.05. The number of aromatic carboxylic acids is 1. The van der Waals surface area contributed by atoms with Gasteiger partial charge in [0.2, 0.25) is 0 Å². The summed E-state index contributed by atoms with van der Waals surface area (Å²) in [4.78, 5) is 25.2. The van der Waals surface area contributed by atoms with E-state index >= 15 is 0 Å². The van der Waals surface area contributed by atoms with Crippen LogP contribution in [-0.4, -0.2) is 49.3 Å². The van der Waals surface area contributed by atoms with E-state index in [2.05, 4.69) is 0 Å². The highest BCUT2D eigenvalue weighted by molar-refractivity contribution is 6.31. The third kappa shape index (κ3) is 5.21. The predicted molar refractivity (Wildman–Crippen MR) is 98.0 cm³/mol. The molecule has 138 valence electrons. The van der Waals surface area contributed by atoms with Gasteiger partial charge < -0.3 is 19.5 Å². The zero-order chi connectivity index (χ0) is 19.1. The molecule has 0 radical (unpaired) electrons. The standard InChI is InChI=1S/C19H20ClNO5/c1-21(12-13-3-5-14(6-4-13)19(23)24)18(22)16-11-15(20)7-8-17(16)26-10-9-25-2/h3-8,11H,9-10,12H2,1-2H3,(H,23,24). The first-order valence-electron chi connectivity index (χ1n) is 7.91. The second-order valence-corrected chi connectivity index (χ2v) is 6.08. The maximum atomic E-state index is 12.8. The average Bonchev–Trinajstić information content (AvgIpc) is 2.62. The number of carboxylic acid groups (broad SMARTS) is 1. The Morgan fingerprint density at radius 3 is 2.42 bits per heavy atom. The fourth-order valence-corrected chi connectivity index (χ4v) is 2.51. The van der Waals surface area contributed by atoms with Crippen molar-refractivity contribution in [2.24, 2.45) is 0 Å². The van der Waals surface area contributed by atoms with E-state index in [1.165, 1.54) is 17.0 Å². The van der Waals surface area contributed by atoms with Crippen molar-refractivity contribution in [3.63, 3.8) is 0 Å². The number of rotatable bonds is 8. The van der Waals surface area contributed by atoms with E-state index in [0.29, 0.717) is 36.1 Å². The van der Waals surface area contributed by atoms with E-state index in [-0.39, 0.29) is 11.5 Å². The lowest BCUT2D eigenvalue weighted by molar-refractivity contribution is 0.0695. The van der Waals surface area contributed by atoms with Gasteiger partial charge in [-0.25, -0.2) is 4.79 Å². The van der Waals surface area contributed by atoms with Crippen molar-refractivity contribution in [2.75, 3.05) is 27.4 Å². The molecule has 2 rings (SSSR count). The highest BCUT2D eigenvalue weighted by Crippen LogP contribution is 2.25. The Balaban J connectivity index is 2.13. The number of benzene rings is 2. The second-order valence-electron chi connectivity index (χ2n) is 5.65. The summed E-state index contributed by atoms with van der Waals surface area (Å²) in [5, 5.41) is 9.38. The minimum absolute atomic E-state index is 0.200. The molecule has 0 aliphatic heterocycles. The van der Waals surface area contributed by atoms with Crippen molar-refractivity contribution in [3.8, 4) is 5.75 Å². The van der Waals surface area contributed by atoms with Crippen LogP contribution in [0.25, 0.3) is 0 Å². The number of carbonyl (C=O) groups is 2. The summed E-state index contributed by atoms with van der Waals surface area (Å²) in [6.07, 6.45) is 0. The number of carbonyl (C=O) groups excluding carboxylic acids is 1. The number of methoxy groups -OCH3 is 1. The topological polar surface area (TPSA) is 76.1 Å². The van der Waals surface area contributed by atoms with E-state index in [0.717, 1.165) is 5.56 Å². The Hall–Kier alpha value is -2.57. The van der Waals surface area contributed by atoms with Gasteiger partial charge in [-0.15, -0.1) is 0 Å². The highest BCUT2D eigenvalue weighted by Gasteiger charge is 2.18. The van der Waals surface area contributed by atoms with Crippen molar-refractivity contribution < 1.29 is 24.2 Å². The summed E-state index contributed by atoms with van der Waals surface area (Å²) in [5.41, 5.74) is 1.37. The zero-order valence-corrected chi connectivity index (χ0v) is 15.3. The maximum absolute atomic E-state index is 12.8. The van der Waals surface area contributed by atoms with Gasteiger partial charge in [-0.05, 0) is 35.9 Å². The normalized spacial score (nSPS) is 10.4. The Bertz CT molecular complexity index is 776. The molecule has 7 heteroatoms.